The number of nitrogens with zero attached hydrogens (tertiary/aromatic N) is 1. The first-order valence-electron chi connectivity index (χ1n) is 7.38. The largest absolute Gasteiger partial charge is 0.379 e. The number of ether oxygens (including phenoxy) is 1. The van der Waals surface area contributed by atoms with E-state index < -0.39 is 0 Å². The van der Waals surface area contributed by atoms with E-state index in [1.807, 2.05) is 0 Å². The summed E-state index contributed by atoms with van der Waals surface area (Å²) in [4.78, 5) is 15.8. The molecule has 1 saturated carbocycles. The van der Waals surface area contributed by atoms with Crippen LogP contribution in [-0.2, 0) is 9.53 Å². The van der Waals surface area contributed by atoms with E-state index in [1.165, 1.54) is 4.88 Å². The molecular weight excluding hydrogens is 272 g/mol. The second-order valence-electron chi connectivity index (χ2n) is 5.74. The van der Waals surface area contributed by atoms with Gasteiger partial charge >= 0.3 is 0 Å². The van der Waals surface area contributed by atoms with Crippen molar-refractivity contribution in [3.8, 4) is 0 Å². The molecule has 2 aliphatic rings. The molecule has 1 N–H and O–H groups in total. The second kappa shape index (κ2) is 6.24. The summed E-state index contributed by atoms with van der Waals surface area (Å²) >= 11 is 1.77. The number of carbonyl (C=O) groups is 1. The van der Waals surface area contributed by atoms with E-state index in [9.17, 15) is 4.79 Å². The Morgan fingerprint density at radius 2 is 2.30 bits per heavy atom. The van der Waals surface area contributed by atoms with Gasteiger partial charge in [-0.3, -0.25) is 9.69 Å². The van der Waals surface area contributed by atoms with Crippen LogP contribution in [0.25, 0.3) is 0 Å². The minimum Gasteiger partial charge on any atom is -0.379 e. The summed E-state index contributed by atoms with van der Waals surface area (Å²) in [5.41, 5.74) is 0. The molecule has 3 atom stereocenters. The van der Waals surface area contributed by atoms with Crippen molar-refractivity contribution in [3.05, 3.63) is 22.4 Å². The summed E-state index contributed by atoms with van der Waals surface area (Å²) < 4.78 is 5.43. The third-order valence-corrected chi connectivity index (χ3v) is 5.25. The second-order valence-corrected chi connectivity index (χ2v) is 6.72. The maximum atomic E-state index is 12.0. The monoisotopic (exact) mass is 294 g/mol. The molecule has 1 aliphatic carbocycles. The molecule has 2 heterocycles. The summed E-state index contributed by atoms with van der Waals surface area (Å²) in [6, 6.07) is 4.53. The Morgan fingerprint density at radius 3 is 2.90 bits per heavy atom. The Morgan fingerprint density at radius 1 is 1.55 bits per heavy atom. The molecule has 1 aliphatic heterocycles. The van der Waals surface area contributed by atoms with Crippen LogP contribution >= 0.6 is 11.3 Å². The van der Waals surface area contributed by atoms with Crippen molar-refractivity contribution in [1.29, 1.82) is 0 Å². The SMILES string of the molecule is C[C@@H]1C[C@@H]1C(=O)NC[C@@H](c1cccs1)N1CCOCC1. The Balaban J connectivity index is 1.61. The van der Waals surface area contributed by atoms with E-state index in [1.54, 1.807) is 11.3 Å². The van der Waals surface area contributed by atoms with Gasteiger partial charge in [0.2, 0.25) is 5.91 Å². The molecule has 3 rings (SSSR count). The van der Waals surface area contributed by atoms with Crippen LogP contribution in [0.3, 0.4) is 0 Å². The molecular formula is C15H22N2O2S. The average molecular weight is 294 g/mol. The van der Waals surface area contributed by atoms with E-state index >= 15 is 0 Å². The smallest absolute Gasteiger partial charge is 0.223 e. The molecule has 1 aromatic rings. The van der Waals surface area contributed by atoms with E-state index in [0.29, 0.717) is 12.5 Å². The fraction of sp³-hybridized carbons (Fsp3) is 0.667. The average Bonchev–Trinajstić information content (AvgIpc) is 2.98. The van der Waals surface area contributed by atoms with Crippen molar-refractivity contribution in [1.82, 2.24) is 10.2 Å². The lowest BCUT2D eigenvalue weighted by Crippen LogP contribution is -2.43. The van der Waals surface area contributed by atoms with Crippen LogP contribution in [0.2, 0.25) is 0 Å². The van der Waals surface area contributed by atoms with Crippen molar-refractivity contribution >= 4 is 17.2 Å². The van der Waals surface area contributed by atoms with E-state index in [0.717, 1.165) is 32.7 Å². The highest BCUT2D eigenvalue weighted by Crippen LogP contribution is 2.37. The fourth-order valence-corrected chi connectivity index (χ4v) is 3.66. The topological polar surface area (TPSA) is 41.6 Å². The first-order valence-corrected chi connectivity index (χ1v) is 8.26. The van der Waals surface area contributed by atoms with Crippen LogP contribution in [0, 0.1) is 11.8 Å². The lowest BCUT2D eigenvalue weighted by atomic mass is 10.2. The Hall–Kier alpha value is -0.910. The summed E-state index contributed by atoms with van der Waals surface area (Å²) in [5, 5.41) is 5.25. The molecule has 20 heavy (non-hydrogen) atoms. The van der Waals surface area contributed by atoms with E-state index in [-0.39, 0.29) is 17.9 Å². The molecule has 1 saturated heterocycles. The minimum atomic E-state index is 0.229. The number of thiophene rings is 1. The molecule has 5 heteroatoms. The van der Waals surface area contributed by atoms with Crippen molar-refractivity contribution in [2.75, 3.05) is 32.8 Å². The zero-order chi connectivity index (χ0) is 13.9. The zero-order valence-corrected chi connectivity index (χ0v) is 12.7. The normalized spacial score (nSPS) is 28.1. The highest BCUT2D eigenvalue weighted by atomic mass is 32.1. The van der Waals surface area contributed by atoms with Gasteiger partial charge < -0.3 is 10.1 Å². The molecule has 0 spiro atoms. The van der Waals surface area contributed by atoms with Crippen LogP contribution in [-0.4, -0.2) is 43.7 Å². The maximum absolute atomic E-state index is 12.0. The Labute approximate surface area is 124 Å². The molecule has 110 valence electrons. The van der Waals surface area contributed by atoms with Gasteiger partial charge in [-0.25, -0.2) is 0 Å². The molecule has 0 aromatic carbocycles. The minimum absolute atomic E-state index is 0.229. The van der Waals surface area contributed by atoms with Gasteiger partial charge in [-0.05, 0) is 23.8 Å². The Kier molecular flexibility index (Phi) is 4.38. The number of nitrogens with one attached hydrogen (secondary N) is 1. The van der Waals surface area contributed by atoms with Gasteiger partial charge in [-0.15, -0.1) is 11.3 Å². The van der Waals surface area contributed by atoms with Gasteiger partial charge in [0.05, 0.1) is 19.3 Å². The third kappa shape index (κ3) is 3.22. The van der Waals surface area contributed by atoms with Gasteiger partial charge in [0, 0.05) is 30.4 Å². The number of hydrogen-bond acceptors (Lipinski definition) is 4. The summed E-state index contributed by atoms with van der Waals surface area (Å²) in [5.74, 6) is 1.05. The van der Waals surface area contributed by atoms with Crippen LogP contribution in [0.4, 0.5) is 0 Å². The molecule has 0 unspecified atom stereocenters. The molecule has 1 aromatic heterocycles. The fourth-order valence-electron chi connectivity index (χ4n) is 2.80. The standard InChI is InChI=1S/C15H22N2O2S/c1-11-9-12(11)15(18)16-10-13(14-3-2-8-20-14)17-4-6-19-7-5-17/h2-3,8,11-13H,4-7,9-10H2,1H3,(H,16,18)/t11-,12+,13+/m1/s1. The predicted molar refractivity (Wildman–Crippen MR) is 79.7 cm³/mol. The van der Waals surface area contributed by atoms with Crippen LogP contribution in [0.5, 0.6) is 0 Å². The quantitative estimate of drug-likeness (QED) is 0.902. The summed E-state index contributed by atoms with van der Waals surface area (Å²) in [6.45, 7) is 6.31. The van der Waals surface area contributed by atoms with Crippen molar-refractivity contribution in [2.45, 2.75) is 19.4 Å². The number of hydrogen-bond donors (Lipinski definition) is 1. The van der Waals surface area contributed by atoms with Gasteiger partial charge in [-0.2, -0.15) is 0 Å². The van der Waals surface area contributed by atoms with Gasteiger partial charge in [-0.1, -0.05) is 13.0 Å². The highest BCUT2D eigenvalue weighted by molar-refractivity contribution is 7.10. The van der Waals surface area contributed by atoms with Crippen molar-refractivity contribution in [3.63, 3.8) is 0 Å². The molecule has 1 amide bonds. The first kappa shape index (κ1) is 14.0. The number of carbonyl (C=O) groups excluding carboxylic acids is 1. The highest BCUT2D eigenvalue weighted by Gasteiger charge is 2.39. The molecule has 0 bridgehead atoms. The maximum Gasteiger partial charge on any atom is 0.223 e. The molecule has 4 nitrogen and oxygen atoms in total. The molecule has 0 radical (unpaired) electrons. The van der Waals surface area contributed by atoms with Crippen LogP contribution in [0.15, 0.2) is 17.5 Å². The first-order chi connectivity index (χ1) is 9.75. The van der Waals surface area contributed by atoms with Gasteiger partial charge in [0.25, 0.3) is 0 Å². The number of morpholine rings is 1. The number of amides is 1. The van der Waals surface area contributed by atoms with Crippen LogP contribution < -0.4 is 5.32 Å². The van der Waals surface area contributed by atoms with E-state index in [4.69, 9.17) is 4.74 Å². The molecule has 2 fully saturated rings. The zero-order valence-electron chi connectivity index (χ0n) is 11.9. The summed E-state index contributed by atoms with van der Waals surface area (Å²) in [6.07, 6.45) is 1.05. The third-order valence-electron chi connectivity index (χ3n) is 4.27. The Bertz CT molecular complexity index is 443. The van der Waals surface area contributed by atoms with Crippen LogP contribution in [0.1, 0.15) is 24.3 Å². The predicted octanol–water partition coefficient (Wildman–Crippen LogP) is 1.89. The van der Waals surface area contributed by atoms with E-state index in [2.05, 4.69) is 34.7 Å². The summed E-state index contributed by atoms with van der Waals surface area (Å²) in [7, 11) is 0. The number of rotatable bonds is 5. The van der Waals surface area contributed by atoms with Gasteiger partial charge in [0.1, 0.15) is 0 Å². The lowest BCUT2D eigenvalue weighted by Gasteiger charge is -2.34. The van der Waals surface area contributed by atoms with Gasteiger partial charge in [0.15, 0.2) is 0 Å². The van der Waals surface area contributed by atoms with Crippen molar-refractivity contribution in [2.24, 2.45) is 11.8 Å². The lowest BCUT2D eigenvalue weighted by molar-refractivity contribution is -0.122. The van der Waals surface area contributed by atoms with Crippen molar-refractivity contribution < 1.29 is 9.53 Å².